The fourth-order valence-electron chi connectivity index (χ4n) is 9.03. The van der Waals surface area contributed by atoms with Crippen molar-refractivity contribution in [3.05, 3.63) is 24.3 Å². The Bertz CT molecular complexity index is 580. The van der Waals surface area contributed by atoms with E-state index in [-0.39, 0.29) is 0 Å². The molecule has 4 bridgehead atoms. The van der Waals surface area contributed by atoms with Gasteiger partial charge in [0.1, 0.15) is 0 Å². The zero-order valence-electron chi connectivity index (χ0n) is 18.3. The van der Waals surface area contributed by atoms with Gasteiger partial charge < -0.3 is 8.97 Å². The molecule has 8 unspecified atom stereocenters. The van der Waals surface area contributed by atoms with Gasteiger partial charge >= 0.3 is 0 Å². The van der Waals surface area contributed by atoms with E-state index in [1.807, 2.05) is 0 Å². The molecule has 2 saturated heterocycles. The Hall–Kier alpha value is -0.600. The van der Waals surface area contributed by atoms with Crippen LogP contribution in [0.25, 0.3) is 0 Å². The second-order valence-corrected chi connectivity index (χ2v) is 12.4. The first-order valence-electron chi connectivity index (χ1n) is 12.6. The SMILES string of the molecule is C[N+]1(CCCCCC[N+]2(C)CC3C4C=CC(C4)C3C2)CC2C3C=CC(C3)C2C1. The molecule has 28 heavy (non-hydrogen) atoms. The van der Waals surface area contributed by atoms with Crippen molar-refractivity contribution >= 4 is 0 Å². The first kappa shape index (κ1) is 18.2. The van der Waals surface area contributed by atoms with Crippen molar-refractivity contribution in [3.63, 3.8) is 0 Å². The summed E-state index contributed by atoms with van der Waals surface area (Å²) in [5.41, 5.74) is 0. The average molecular weight is 383 g/mol. The van der Waals surface area contributed by atoms with E-state index in [1.165, 1.54) is 86.8 Å². The van der Waals surface area contributed by atoms with Gasteiger partial charge in [-0.1, -0.05) is 24.3 Å². The number of fused-ring (bicyclic) bond motifs is 10. The van der Waals surface area contributed by atoms with Crippen LogP contribution >= 0.6 is 0 Å². The van der Waals surface area contributed by atoms with E-state index in [9.17, 15) is 0 Å². The van der Waals surface area contributed by atoms with E-state index in [0.717, 1.165) is 47.3 Å². The lowest BCUT2D eigenvalue weighted by Gasteiger charge is -2.32. The summed E-state index contributed by atoms with van der Waals surface area (Å²) in [5.74, 6) is 7.92. The number of likely N-dealkylation sites (tertiary alicyclic amines) is 2. The maximum Gasteiger partial charge on any atom is 0.0824 e. The van der Waals surface area contributed by atoms with Crippen molar-refractivity contribution in [2.24, 2.45) is 47.3 Å². The summed E-state index contributed by atoms with van der Waals surface area (Å²) in [6.45, 7) is 8.79. The van der Waals surface area contributed by atoms with Gasteiger partial charge in [-0.05, 0) is 62.2 Å². The third-order valence-corrected chi connectivity index (χ3v) is 10.4. The standard InChI is InChI=1S/C26H42N2/c1-27(15-23-19-7-8-20(13-19)24(23)16-27)11-5-3-4-6-12-28(2)17-25-21-9-10-22(14-21)26(25)18-28/h7-10,19-26H,3-6,11-18H2,1-2H3/q+2. The normalized spacial score (nSPS) is 54.8. The number of nitrogens with zero attached hydrogens (tertiary/aromatic N) is 2. The van der Waals surface area contributed by atoms with Gasteiger partial charge in [0.25, 0.3) is 0 Å². The highest BCUT2D eigenvalue weighted by Crippen LogP contribution is 2.53. The fourth-order valence-corrected chi connectivity index (χ4v) is 9.03. The second-order valence-electron chi connectivity index (χ2n) is 12.4. The summed E-state index contributed by atoms with van der Waals surface area (Å²) in [6.07, 6.45) is 19.1. The monoisotopic (exact) mass is 382 g/mol. The lowest BCUT2D eigenvalue weighted by atomic mass is 9.86. The van der Waals surface area contributed by atoms with Gasteiger partial charge in [0, 0.05) is 23.7 Å². The van der Waals surface area contributed by atoms with Gasteiger partial charge in [-0.3, -0.25) is 0 Å². The lowest BCUT2D eigenvalue weighted by molar-refractivity contribution is -0.901. The van der Waals surface area contributed by atoms with Gasteiger partial charge in [0.15, 0.2) is 0 Å². The molecule has 2 aliphatic heterocycles. The van der Waals surface area contributed by atoms with Crippen LogP contribution < -0.4 is 0 Å². The Kier molecular flexibility index (Phi) is 4.19. The number of unbranched alkanes of at least 4 members (excludes halogenated alkanes) is 3. The van der Waals surface area contributed by atoms with Crippen molar-refractivity contribution in [2.45, 2.75) is 38.5 Å². The molecule has 0 N–H and O–H groups in total. The molecule has 2 nitrogen and oxygen atoms in total. The fraction of sp³-hybridized carbons (Fsp3) is 0.846. The predicted octanol–water partition coefficient (Wildman–Crippen LogP) is 4.34. The van der Waals surface area contributed by atoms with Crippen molar-refractivity contribution in [2.75, 3.05) is 53.4 Å². The number of hydrogen-bond donors (Lipinski definition) is 0. The first-order valence-corrected chi connectivity index (χ1v) is 12.6. The van der Waals surface area contributed by atoms with Gasteiger partial charge in [-0.25, -0.2) is 0 Å². The molecule has 6 rings (SSSR count). The molecule has 4 aliphatic carbocycles. The van der Waals surface area contributed by atoms with E-state index < -0.39 is 0 Å². The van der Waals surface area contributed by atoms with Gasteiger partial charge in [0.2, 0.25) is 0 Å². The maximum absolute atomic E-state index is 2.56. The summed E-state index contributed by atoms with van der Waals surface area (Å²) >= 11 is 0. The third-order valence-electron chi connectivity index (χ3n) is 10.4. The molecule has 6 aliphatic rings. The van der Waals surface area contributed by atoms with E-state index in [0.29, 0.717) is 0 Å². The van der Waals surface area contributed by atoms with Crippen LogP contribution in [0, 0.1) is 47.3 Å². The van der Waals surface area contributed by atoms with Crippen LogP contribution in [0.15, 0.2) is 24.3 Å². The van der Waals surface area contributed by atoms with Crippen LogP contribution in [0.2, 0.25) is 0 Å². The molecule has 4 fully saturated rings. The number of quaternary nitrogens is 2. The highest BCUT2D eigenvalue weighted by atomic mass is 15.4. The zero-order chi connectivity index (χ0) is 18.9. The second kappa shape index (κ2) is 6.45. The number of rotatable bonds is 7. The van der Waals surface area contributed by atoms with Gasteiger partial charge in [-0.2, -0.15) is 0 Å². The lowest BCUT2D eigenvalue weighted by Crippen LogP contribution is -2.44. The Morgan fingerprint density at radius 2 is 0.857 bits per heavy atom. The summed E-state index contributed by atoms with van der Waals surface area (Å²) in [4.78, 5) is 0. The molecule has 0 radical (unpaired) electrons. The molecule has 154 valence electrons. The molecule has 0 aromatic heterocycles. The summed E-state index contributed by atoms with van der Waals surface area (Å²) < 4.78 is 2.77. The van der Waals surface area contributed by atoms with Gasteiger partial charge in [-0.15, -0.1) is 0 Å². The average Bonchev–Trinajstić information content (AvgIpc) is 3.44. The summed E-state index contributed by atoms with van der Waals surface area (Å²) in [7, 11) is 5.13. The van der Waals surface area contributed by atoms with E-state index in [1.54, 1.807) is 0 Å². The van der Waals surface area contributed by atoms with Crippen molar-refractivity contribution < 1.29 is 8.97 Å². The molecular weight excluding hydrogens is 340 g/mol. The Balaban J connectivity index is 0.911. The van der Waals surface area contributed by atoms with Crippen LogP contribution in [0.4, 0.5) is 0 Å². The van der Waals surface area contributed by atoms with Crippen LogP contribution in [0.3, 0.4) is 0 Å². The largest absolute Gasteiger partial charge is 0.326 e. The highest BCUT2D eigenvalue weighted by Gasteiger charge is 2.55. The van der Waals surface area contributed by atoms with E-state index >= 15 is 0 Å². The molecule has 2 heteroatoms. The van der Waals surface area contributed by atoms with Crippen LogP contribution in [-0.2, 0) is 0 Å². The summed E-state index contributed by atoms with van der Waals surface area (Å²) in [6, 6.07) is 0. The van der Waals surface area contributed by atoms with E-state index in [4.69, 9.17) is 0 Å². The smallest absolute Gasteiger partial charge is 0.0824 e. The minimum atomic E-state index is 0.949. The van der Waals surface area contributed by atoms with Crippen LogP contribution in [-0.4, -0.2) is 62.3 Å². The molecular formula is C26H42N2+2. The maximum atomic E-state index is 2.56. The van der Waals surface area contributed by atoms with Crippen molar-refractivity contribution in [1.82, 2.24) is 0 Å². The van der Waals surface area contributed by atoms with Crippen LogP contribution in [0.5, 0.6) is 0 Å². The third kappa shape index (κ3) is 2.88. The van der Waals surface area contributed by atoms with E-state index in [2.05, 4.69) is 38.4 Å². The Labute approximate surface area is 172 Å². The zero-order valence-corrected chi connectivity index (χ0v) is 18.3. The number of allylic oxidation sites excluding steroid dienone is 4. The Morgan fingerprint density at radius 1 is 0.536 bits per heavy atom. The molecule has 2 saturated carbocycles. The quantitative estimate of drug-likeness (QED) is 0.349. The highest BCUT2D eigenvalue weighted by molar-refractivity contribution is 5.15. The number of hydrogen-bond acceptors (Lipinski definition) is 0. The van der Waals surface area contributed by atoms with Crippen molar-refractivity contribution in [1.29, 1.82) is 0 Å². The molecule has 0 amide bonds. The molecule has 0 aromatic rings. The molecule has 2 heterocycles. The topological polar surface area (TPSA) is 0 Å². The minimum Gasteiger partial charge on any atom is -0.326 e. The van der Waals surface area contributed by atoms with Crippen molar-refractivity contribution in [3.8, 4) is 0 Å². The minimum absolute atomic E-state index is 0.949. The summed E-state index contributed by atoms with van der Waals surface area (Å²) in [5, 5.41) is 0. The molecule has 0 spiro atoms. The van der Waals surface area contributed by atoms with Gasteiger partial charge in [0.05, 0.1) is 53.4 Å². The van der Waals surface area contributed by atoms with Crippen LogP contribution in [0.1, 0.15) is 38.5 Å². The first-order chi connectivity index (χ1) is 13.5. The molecule has 8 atom stereocenters. The Morgan fingerprint density at radius 3 is 1.18 bits per heavy atom. The molecule has 0 aromatic carbocycles. The predicted molar refractivity (Wildman–Crippen MR) is 115 cm³/mol.